The molecule has 1 amide bonds. The molecule has 0 saturated carbocycles. The Morgan fingerprint density at radius 3 is 2.29 bits per heavy atom. The third-order valence-corrected chi connectivity index (χ3v) is 4.50. The van der Waals surface area contributed by atoms with Gasteiger partial charge in [-0.05, 0) is 56.9 Å². The van der Waals surface area contributed by atoms with Crippen molar-refractivity contribution >= 4 is 21.6 Å². The van der Waals surface area contributed by atoms with E-state index < -0.39 is 16.1 Å². The smallest absolute Gasteiger partial charge is 0.253 e. The Labute approximate surface area is 124 Å². The number of primary sulfonamides is 1. The van der Waals surface area contributed by atoms with Crippen molar-refractivity contribution in [2.45, 2.75) is 50.7 Å². The Morgan fingerprint density at radius 2 is 1.86 bits per heavy atom. The Morgan fingerprint density at radius 1 is 1.29 bits per heavy atom. The predicted molar refractivity (Wildman–Crippen MR) is 79.5 cm³/mol. The molecular weight excluding hydrogens is 292 g/mol. The molecule has 1 saturated heterocycles. The molecule has 0 aromatic heterocycles. The number of benzene rings is 1. The van der Waals surface area contributed by atoms with Gasteiger partial charge in [0.15, 0.2) is 0 Å². The number of hydrogen-bond donors (Lipinski definition) is 2. The molecule has 1 aliphatic heterocycles. The summed E-state index contributed by atoms with van der Waals surface area (Å²) in [6.07, 6.45) is 1.20. The number of rotatable bonds is 3. The number of aryl methyl sites for hydroxylation is 2. The lowest BCUT2D eigenvalue weighted by atomic mass is 10.1. The Hall–Kier alpha value is -1.44. The second kappa shape index (κ2) is 5.75. The van der Waals surface area contributed by atoms with Crippen molar-refractivity contribution in [2.75, 3.05) is 5.32 Å². The van der Waals surface area contributed by atoms with E-state index in [1.807, 2.05) is 6.92 Å². The molecule has 1 fully saturated rings. The summed E-state index contributed by atoms with van der Waals surface area (Å²) in [5.74, 6) is -0.200. The second-order valence-corrected chi connectivity index (χ2v) is 7.04. The van der Waals surface area contributed by atoms with E-state index in [4.69, 9.17) is 9.88 Å². The fourth-order valence-corrected chi connectivity index (χ4v) is 3.17. The van der Waals surface area contributed by atoms with Gasteiger partial charge in [-0.25, -0.2) is 13.6 Å². The van der Waals surface area contributed by atoms with Gasteiger partial charge in [0.2, 0.25) is 10.0 Å². The Bertz CT molecular complexity index is 647. The van der Waals surface area contributed by atoms with E-state index in [9.17, 15) is 13.2 Å². The van der Waals surface area contributed by atoms with E-state index in [0.29, 0.717) is 23.2 Å². The van der Waals surface area contributed by atoms with Crippen molar-refractivity contribution in [3.8, 4) is 0 Å². The molecule has 21 heavy (non-hydrogen) atoms. The Balaban J connectivity index is 2.23. The Kier molecular flexibility index (Phi) is 4.36. The van der Waals surface area contributed by atoms with E-state index in [2.05, 4.69) is 5.32 Å². The highest BCUT2D eigenvalue weighted by molar-refractivity contribution is 7.89. The van der Waals surface area contributed by atoms with Crippen LogP contribution in [0.25, 0.3) is 0 Å². The number of hydrogen-bond acceptors (Lipinski definition) is 4. The van der Waals surface area contributed by atoms with Crippen LogP contribution in [-0.4, -0.2) is 26.5 Å². The number of anilines is 1. The molecule has 1 aromatic carbocycles. The van der Waals surface area contributed by atoms with Gasteiger partial charge in [-0.2, -0.15) is 0 Å². The number of carbonyl (C=O) groups excluding carboxylic acids is 1. The van der Waals surface area contributed by atoms with Gasteiger partial charge in [0.1, 0.15) is 6.10 Å². The molecule has 116 valence electrons. The number of amides is 1. The average Bonchev–Trinajstić information content (AvgIpc) is 2.79. The summed E-state index contributed by atoms with van der Waals surface area (Å²) < 4.78 is 28.3. The van der Waals surface area contributed by atoms with Gasteiger partial charge in [0.05, 0.1) is 11.0 Å². The number of nitrogens with one attached hydrogen (secondary N) is 1. The molecule has 6 nitrogen and oxygen atoms in total. The first kappa shape index (κ1) is 15.9. The van der Waals surface area contributed by atoms with Crippen molar-refractivity contribution in [1.29, 1.82) is 0 Å². The molecule has 2 atom stereocenters. The largest absolute Gasteiger partial charge is 0.365 e. The lowest BCUT2D eigenvalue weighted by Crippen LogP contribution is -2.28. The molecule has 1 heterocycles. The van der Waals surface area contributed by atoms with Crippen LogP contribution in [0.1, 0.15) is 30.9 Å². The lowest BCUT2D eigenvalue weighted by molar-refractivity contribution is -0.126. The summed E-state index contributed by atoms with van der Waals surface area (Å²) in [6.45, 7) is 5.40. The molecular formula is C14H20N2O4S. The van der Waals surface area contributed by atoms with Crippen LogP contribution in [-0.2, 0) is 19.6 Å². The van der Waals surface area contributed by atoms with Crippen LogP contribution in [0.2, 0.25) is 0 Å². The van der Waals surface area contributed by atoms with Gasteiger partial charge in [0, 0.05) is 5.69 Å². The number of sulfonamides is 1. The van der Waals surface area contributed by atoms with Crippen molar-refractivity contribution in [3.05, 3.63) is 23.3 Å². The quantitative estimate of drug-likeness (QED) is 0.882. The lowest BCUT2D eigenvalue weighted by Gasteiger charge is -2.16. The van der Waals surface area contributed by atoms with Crippen LogP contribution in [0.15, 0.2) is 17.0 Å². The van der Waals surface area contributed by atoms with E-state index in [-0.39, 0.29) is 16.9 Å². The molecule has 2 unspecified atom stereocenters. The first-order chi connectivity index (χ1) is 9.68. The molecule has 0 radical (unpaired) electrons. The standard InChI is InChI=1S/C14H20N2O4S/c1-8-6-11(21(15,18)19)7-9(2)13(8)16-14(17)12-5-4-10(3)20-12/h6-7,10,12H,4-5H2,1-3H3,(H,16,17)(H2,15,18,19). The maximum absolute atomic E-state index is 12.2. The van der Waals surface area contributed by atoms with Crippen LogP contribution < -0.4 is 10.5 Å². The van der Waals surface area contributed by atoms with Crippen LogP contribution >= 0.6 is 0 Å². The van der Waals surface area contributed by atoms with Gasteiger partial charge in [0.25, 0.3) is 5.91 Å². The van der Waals surface area contributed by atoms with Gasteiger partial charge < -0.3 is 10.1 Å². The highest BCUT2D eigenvalue weighted by Crippen LogP contribution is 2.26. The summed E-state index contributed by atoms with van der Waals surface area (Å²) in [4.78, 5) is 12.2. The minimum Gasteiger partial charge on any atom is -0.365 e. The highest BCUT2D eigenvalue weighted by atomic mass is 32.2. The minimum atomic E-state index is -3.75. The molecule has 0 spiro atoms. The summed E-state index contributed by atoms with van der Waals surface area (Å²) in [5, 5.41) is 7.95. The van der Waals surface area contributed by atoms with Crippen LogP contribution in [0.3, 0.4) is 0 Å². The molecule has 3 N–H and O–H groups in total. The minimum absolute atomic E-state index is 0.0428. The summed E-state index contributed by atoms with van der Waals surface area (Å²) >= 11 is 0. The van der Waals surface area contributed by atoms with Crippen LogP contribution in [0, 0.1) is 13.8 Å². The maximum atomic E-state index is 12.2. The highest BCUT2D eigenvalue weighted by Gasteiger charge is 2.28. The van der Waals surface area contributed by atoms with E-state index in [0.717, 1.165) is 6.42 Å². The normalized spacial score (nSPS) is 22.3. The molecule has 1 aromatic rings. The topological polar surface area (TPSA) is 98.5 Å². The van der Waals surface area contributed by atoms with Gasteiger partial charge in [-0.3, -0.25) is 4.79 Å². The summed E-state index contributed by atoms with van der Waals surface area (Å²) in [5.41, 5.74) is 1.91. The van der Waals surface area contributed by atoms with Crippen molar-refractivity contribution < 1.29 is 17.9 Å². The summed E-state index contributed by atoms with van der Waals surface area (Å²) in [6, 6.07) is 2.91. The molecule has 0 bridgehead atoms. The zero-order chi connectivity index (χ0) is 15.8. The van der Waals surface area contributed by atoms with Gasteiger partial charge in [-0.15, -0.1) is 0 Å². The first-order valence-corrected chi connectivity index (χ1v) is 8.33. The van der Waals surface area contributed by atoms with Crippen LogP contribution in [0.4, 0.5) is 5.69 Å². The zero-order valence-electron chi connectivity index (χ0n) is 12.3. The average molecular weight is 312 g/mol. The van der Waals surface area contributed by atoms with E-state index in [1.165, 1.54) is 12.1 Å². The number of ether oxygens (including phenoxy) is 1. The molecule has 0 aliphatic carbocycles. The summed E-state index contributed by atoms with van der Waals surface area (Å²) in [7, 11) is -3.75. The first-order valence-electron chi connectivity index (χ1n) is 6.79. The number of carbonyl (C=O) groups is 1. The fraction of sp³-hybridized carbons (Fsp3) is 0.500. The van der Waals surface area contributed by atoms with Crippen LogP contribution in [0.5, 0.6) is 0 Å². The van der Waals surface area contributed by atoms with Gasteiger partial charge >= 0.3 is 0 Å². The van der Waals surface area contributed by atoms with E-state index in [1.54, 1.807) is 13.8 Å². The monoisotopic (exact) mass is 312 g/mol. The maximum Gasteiger partial charge on any atom is 0.253 e. The third-order valence-electron chi connectivity index (χ3n) is 3.61. The van der Waals surface area contributed by atoms with E-state index >= 15 is 0 Å². The van der Waals surface area contributed by atoms with Gasteiger partial charge in [-0.1, -0.05) is 0 Å². The predicted octanol–water partition coefficient (Wildman–Crippen LogP) is 1.46. The second-order valence-electron chi connectivity index (χ2n) is 5.48. The SMILES string of the molecule is Cc1cc(S(N)(=O)=O)cc(C)c1NC(=O)C1CCC(C)O1. The van der Waals surface area contributed by atoms with Crippen molar-refractivity contribution in [2.24, 2.45) is 5.14 Å². The van der Waals surface area contributed by atoms with Crippen molar-refractivity contribution in [1.82, 2.24) is 0 Å². The third kappa shape index (κ3) is 3.61. The zero-order valence-corrected chi connectivity index (χ0v) is 13.2. The fourth-order valence-electron chi connectivity index (χ4n) is 2.48. The number of nitrogens with two attached hydrogens (primary N) is 1. The molecule has 7 heteroatoms. The molecule has 2 rings (SSSR count). The van der Waals surface area contributed by atoms with Crippen molar-refractivity contribution in [3.63, 3.8) is 0 Å². The molecule has 1 aliphatic rings.